The van der Waals surface area contributed by atoms with Gasteiger partial charge in [0.1, 0.15) is 0 Å². The first-order chi connectivity index (χ1) is 10.1. The van der Waals surface area contributed by atoms with Gasteiger partial charge in [0.25, 0.3) is 0 Å². The summed E-state index contributed by atoms with van der Waals surface area (Å²) >= 11 is 1.80. The van der Waals surface area contributed by atoms with Crippen LogP contribution in [0.15, 0.2) is 42.6 Å². The monoisotopic (exact) mass is 297 g/mol. The van der Waals surface area contributed by atoms with Gasteiger partial charge in [-0.3, -0.25) is 0 Å². The molecule has 2 heteroatoms. The number of nitrogens with zero attached hydrogens (tertiary/aromatic N) is 1. The molecule has 0 radical (unpaired) electrons. The molecular formula is C19H23NS. The molecule has 1 aromatic heterocycles. The molecule has 0 fully saturated rings. The Morgan fingerprint density at radius 3 is 2.33 bits per heavy atom. The highest BCUT2D eigenvalue weighted by Gasteiger charge is 2.08. The van der Waals surface area contributed by atoms with E-state index >= 15 is 0 Å². The van der Waals surface area contributed by atoms with Crippen molar-refractivity contribution in [2.24, 2.45) is 0 Å². The van der Waals surface area contributed by atoms with E-state index in [9.17, 15) is 0 Å². The van der Waals surface area contributed by atoms with E-state index < -0.39 is 0 Å². The molecule has 1 heterocycles. The number of hydrogen-bond donors (Lipinski definition) is 0. The summed E-state index contributed by atoms with van der Waals surface area (Å²) in [5.74, 6) is 0.501. The summed E-state index contributed by atoms with van der Waals surface area (Å²) < 4.78 is 0. The second-order valence-electron chi connectivity index (χ2n) is 5.28. The molecule has 21 heavy (non-hydrogen) atoms. The molecule has 0 saturated heterocycles. The lowest BCUT2D eigenvalue weighted by atomic mass is 10.0. The summed E-state index contributed by atoms with van der Waals surface area (Å²) in [4.78, 5) is 5.76. The highest BCUT2D eigenvalue weighted by atomic mass is 32.1. The quantitative estimate of drug-likeness (QED) is 0.531. The zero-order valence-corrected chi connectivity index (χ0v) is 14.3. The first-order valence-electron chi connectivity index (χ1n) is 7.60. The SMILES string of the molecule is CC.Cc1ccc2ccc(-c3cnc(C(C)C)s3)cc2c1. The number of benzene rings is 2. The van der Waals surface area contributed by atoms with Crippen LogP contribution >= 0.6 is 11.3 Å². The van der Waals surface area contributed by atoms with E-state index in [1.807, 2.05) is 20.0 Å². The Balaban J connectivity index is 0.000000774. The van der Waals surface area contributed by atoms with Crippen LogP contribution in [0.5, 0.6) is 0 Å². The third kappa shape index (κ3) is 3.51. The first kappa shape index (κ1) is 15.7. The van der Waals surface area contributed by atoms with Gasteiger partial charge in [0.05, 0.1) is 9.88 Å². The summed E-state index contributed by atoms with van der Waals surface area (Å²) in [6, 6.07) is 13.2. The van der Waals surface area contributed by atoms with E-state index in [-0.39, 0.29) is 0 Å². The molecule has 1 nitrogen and oxygen atoms in total. The van der Waals surface area contributed by atoms with Crippen LogP contribution in [0.25, 0.3) is 21.2 Å². The van der Waals surface area contributed by atoms with Crippen molar-refractivity contribution in [2.45, 2.75) is 40.5 Å². The van der Waals surface area contributed by atoms with Crippen molar-refractivity contribution >= 4 is 22.1 Å². The summed E-state index contributed by atoms with van der Waals surface area (Å²) in [7, 11) is 0. The van der Waals surface area contributed by atoms with Gasteiger partial charge < -0.3 is 0 Å². The van der Waals surface area contributed by atoms with Crippen LogP contribution < -0.4 is 0 Å². The molecule has 110 valence electrons. The third-order valence-corrected chi connectivity index (χ3v) is 4.64. The van der Waals surface area contributed by atoms with Gasteiger partial charge in [-0.1, -0.05) is 63.6 Å². The smallest absolute Gasteiger partial charge is 0.0956 e. The van der Waals surface area contributed by atoms with Crippen LogP contribution in [-0.2, 0) is 0 Å². The van der Waals surface area contributed by atoms with Crippen molar-refractivity contribution in [3.05, 3.63) is 53.2 Å². The molecule has 0 N–H and O–H groups in total. The Bertz CT molecular complexity index is 725. The molecule has 0 unspecified atom stereocenters. The van der Waals surface area contributed by atoms with Crippen molar-refractivity contribution in [2.75, 3.05) is 0 Å². The molecule has 0 spiro atoms. The summed E-state index contributed by atoms with van der Waals surface area (Å²) in [6.45, 7) is 10.5. The van der Waals surface area contributed by atoms with E-state index in [1.165, 1.54) is 31.8 Å². The molecule has 2 aromatic carbocycles. The van der Waals surface area contributed by atoms with Crippen LogP contribution in [0.3, 0.4) is 0 Å². The Labute approximate surface area is 131 Å². The minimum atomic E-state index is 0.501. The molecule has 0 aliphatic rings. The Morgan fingerprint density at radius 1 is 0.952 bits per heavy atom. The first-order valence-corrected chi connectivity index (χ1v) is 8.41. The molecule has 0 aliphatic heterocycles. The zero-order chi connectivity index (χ0) is 15.4. The number of hydrogen-bond acceptors (Lipinski definition) is 2. The van der Waals surface area contributed by atoms with E-state index in [0.29, 0.717) is 5.92 Å². The molecule has 0 saturated carbocycles. The summed E-state index contributed by atoms with van der Waals surface area (Å²) in [6.07, 6.45) is 2.00. The van der Waals surface area contributed by atoms with Crippen LogP contribution in [-0.4, -0.2) is 4.98 Å². The summed E-state index contributed by atoms with van der Waals surface area (Å²) in [5.41, 5.74) is 2.57. The predicted octanol–water partition coefficient (Wildman–Crippen LogP) is 6.42. The predicted molar refractivity (Wildman–Crippen MR) is 95.2 cm³/mol. The highest BCUT2D eigenvalue weighted by molar-refractivity contribution is 7.15. The molecule has 0 bridgehead atoms. The van der Waals surface area contributed by atoms with E-state index in [2.05, 4.69) is 62.2 Å². The molecule has 3 aromatic rings. The van der Waals surface area contributed by atoms with Gasteiger partial charge >= 0.3 is 0 Å². The van der Waals surface area contributed by atoms with Crippen LogP contribution in [0.2, 0.25) is 0 Å². The molecule has 3 rings (SSSR count). The van der Waals surface area contributed by atoms with Gasteiger partial charge in [-0.2, -0.15) is 0 Å². The van der Waals surface area contributed by atoms with Gasteiger partial charge in [0.2, 0.25) is 0 Å². The maximum atomic E-state index is 4.51. The average Bonchev–Trinajstić information content (AvgIpc) is 2.98. The van der Waals surface area contributed by atoms with Crippen LogP contribution in [0.4, 0.5) is 0 Å². The van der Waals surface area contributed by atoms with Gasteiger partial charge in [-0.15, -0.1) is 11.3 Å². The fourth-order valence-corrected chi connectivity index (χ4v) is 3.12. The van der Waals surface area contributed by atoms with Gasteiger partial charge in [0, 0.05) is 12.1 Å². The largest absolute Gasteiger partial charge is 0.249 e. The van der Waals surface area contributed by atoms with E-state index in [0.717, 1.165) is 0 Å². The molecule has 0 atom stereocenters. The molecule has 0 amide bonds. The van der Waals surface area contributed by atoms with E-state index in [4.69, 9.17) is 0 Å². The standard InChI is InChI=1S/C17H17NS.C2H6/c1-11(2)17-18-10-16(19-17)14-7-6-13-5-4-12(3)8-15(13)9-14;1-2/h4-11H,1-3H3;1-2H3. The Hall–Kier alpha value is -1.67. The fourth-order valence-electron chi connectivity index (χ4n) is 2.21. The minimum Gasteiger partial charge on any atom is -0.249 e. The van der Waals surface area contributed by atoms with E-state index in [1.54, 1.807) is 11.3 Å². The topological polar surface area (TPSA) is 12.9 Å². The van der Waals surface area contributed by atoms with Crippen LogP contribution in [0, 0.1) is 6.92 Å². The fraction of sp³-hybridized carbons (Fsp3) is 0.316. The summed E-state index contributed by atoms with van der Waals surface area (Å²) in [5, 5.41) is 3.80. The van der Waals surface area contributed by atoms with Gasteiger partial charge in [-0.05, 0) is 29.3 Å². The lowest BCUT2D eigenvalue weighted by Crippen LogP contribution is -1.81. The number of rotatable bonds is 2. The maximum Gasteiger partial charge on any atom is 0.0956 e. The number of aromatic nitrogens is 1. The second kappa shape index (κ2) is 6.86. The maximum absolute atomic E-state index is 4.51. The zero-order valence-electron chi connectivity index (χ0n) is 13.5. The molecule has 0 aliphatic carbocycles. The molecular weight excluding hydrogens is 274 g/mol. The van der Waals surface area contributed by atoms with Crippen molar-refractivity contribution in [3.63, 3.8) is 0 Å². The van der Waals surface area contributed by atoms with Gasteiger partial charge in [0.15, 0.2) is 0 Å². The van der Waals surface area contributed by atoms with Crippen molar-refractivity contribution in [1.82, 2.24) is 4.98 Å². The van der Waals surface area contributed by atoms with Crippen LogP contribution in [0.1, 0.15) is 44.2 Å². The Kier molecular flexibility index (Phi) is 5.13. The van der Waals surface area contributed by atoms with Crippen molar-refractivity contribution in [3.8, 4) is 10.4 Å². The normalized spacial score (nSPS) is 10.6. The second-order valence-corrected chi connectivity index (χ2v) is 6.35. The Morgan fingerprint density at radius 2 is 1.67 bits per heavy atom. The minimum absolute atomic E-state index is 0.501. The number of fused-ring (bicyclic) bond motifs is 1. The average molecular weight is 297 g/mol. The third-order valence-electron chi connectivity index (χ3n) is 3.30. The lowest BCUT2D eigenvalue weighted by molar-refractivity contribution is 0.852. The number of thiazole rings is 1. The lowest BCUT2D eigenvalue weighted by Gasteiger charge is -2.03. The van der Waals surface area contributed by atoms with Gasteiger partial charge in [-0.25, -0.2) is 4.98 Å². The van der Waals surface area contributed by atoms with Crippen molar-refractivity contribution < 1.29 is 0 Å². The number of aryl methyl sites for hydroxylation is 1. The highest BCUT2D eigenvalue weighted by Crippen LogP contribution is 2.31. The van der Waals surface area contributed by atoms with Crippen molar-refractivity contribution in [1.29, 1.82) is 0 Å².